The Morgan fingerprint density at radius 1 is 1.20 bits per heavy atom. The van der Waals surface area contributed by atoms with Gasteiger partial charge < -0.3 is 5.73 Å². The molecule has 3 nitrogen and oxygen atoms in total. The molecule has 0 bridgehead atoms. The molecule has 4 heteroatoms. The van der Waals surface area contributed by atoms with Gasteiger partial charge in [-0.1, -0.05) is 13.3 Å². The topological polar surface area (TPSA) is 46.3 Å². The molecule has 0 amide bonds. The highest BCUT2D eigenvalue weighted by molar-refractivity contribution is 7.84. The molecule has 0 aromatic heterocycles. The minimum absolute atomic E-state index is 0.164. The van der Waals surface area contributed by atoms with Gasteiger partial charge in [-0.3, -0.25) is 0 Å². The molecule has 0 spiro atoms. The van der Waals surface area contributed by atoms with Crippen molar-refractivity contribution in [1.29, 1.82) is 0 Å². The maximum absolute atomic E-state index is 12.2. The lowest BCUT2D eigenvalue weighted by atomic mass is 10.3. The normalized spacial score (nSPS) is 14.5. The van der Waals surface area contributed by atoms with E-state index < -0.39 is 11.0 Å². The molecule has 0 rings (SSSR count). The van der Waals surface area contributed by atoms with Crippen molar-refractivity contribution in [3.63, 3.8) is 0 Å². The molecule has 0 heterocycles. The zero-order valence-corrected chi connectivity index (χ0v) is 11.4. The first-order chi connectivity index (χ1) is 6.93. The van der Waals surface area contributed by atoms with Crippen molar-refractivity contribution in [2.24, 2.45) is 5.73 Å². The largest absolute Gasteiger partial charge is 0.330 e. The predicted molar refractivity (Wildman–Crippen MR) is 68.0 cm³/mol. The van der Waals surface area contributed by atoms with Gasteiger partial charge >= 0.3 is 0 Å². The van der Waals surface area contributed by atoms with Crippen LogP contribution in [0.5, 0.6) is 0 Å². The second-order valence-electron chi connectivity index (χ2n) is 4.79. The van der Waals surface area contributed by atoms with Gasteiger partial charge in [0.25, 0.3) is 0 Å². The molecule has 92 valence electrons. The van der Waals surface area contributed by atoms with E-state index in [-0.39, 0.29) is 4.75 Å². The van der Waals surface area contributed by atoms with E-state index in [1.165, 1.54) is 0 Å². The van der Waals surface area contributed by atoms with Gasteiger partial charge in [0, 0.05) is 13.1 Å². The molecular formula is C11H26N2OS. The highest BCUT2D eigenvalue weighted by atomic mass is 32.2. The van der Waals surface area contributed by atoms with Crippen molar-refractivity contribution in [1.82, 2.24) is 4.31 Å². The average Bonchev–Trinajstić information content (AvgIpc) is 2.16. The molecular weight excluding hydrogens is 208 g/mol. The highest BCUT2D eigenvalue weighted by Gasteiger charge is 2.25. The third kappa shape index (κ3) is 6.28. The van der Waals surface area contributed by atoms with E-state index in [1.807, 2.05) is 20.8 Å². The van der Waals surface area contributed by atoms with Gasteiger partial charge in [0.15, 0.2) is 0 Å². The van der Waals surface area contributed by atoms with Crippen molar-refractivity contribution in [3.05, 3.63) is 0 Å². The summed E-state index contributed by atoms with van der Waals surface area (Å²) in [5, 5.41) is 0. The van der Waals surface area contributed by atoms with Crippen molar-refractivity contribution in [2.75, 3.05) is 19.6 Å². The van der Waals surface area contributed by atoms with Crippen LogP contribution in [0.2, 0.25) is 0 Å². The summed E-state index contributed by atoms with van der Waals surface area (Å²) in [4.78, 5) is 0. The van der Waals surface area contributed by atoms with Crippen LogP contribution in [0.25, 0.3) is 0 Å². The quantitative estimate of drug-likeness (QED) is 0.731. The molecule has 0 aliphatic carbocycles. The van der Waals surface area contributed by atoms with Gasteiger partial charge in [-0.15, -0.1) is 0 Å². The minimum atomic E-state index is -0.900. The summed E-state index contributed by atoms with van der Waals surface area (Å²) in [7, 11) is -0.900. The number of nitrogens with zero attached hydrogens (tertiary/aromatic N) is 1. The van der Waals surface area contributed by atoms with Crippen LogP contribution in [0, 0.1) is 0 Å². The monoisotopic (exact) mass is 234 g/mol. The van der Waals surface area contributed by atoms with E-state index in [1.54, 1.807) is 0 Å². The van der Waals surface area contributed by atoms with E-state index >= 15 is 0 Å². The molecule has 0 aliphatic heterocycles. The van der Waals surface area contributed by atoms with Gasteiger partial charge in [0.2, 0.25) is 0 Å². The molecule has 0 aromatic carbocycles. The van der Waals surface area contributed by atoms with Crippen LogP contribution in [0.1, 0.15) is 47.0 Å². The Balaban J connectivity index is 4.27. The first kappa shape index (κ1) is 15.1. The van der Waals surface area contributed by atoms with E-state index in [0.29, 0.717) is 6.54 Å². The second-order valence-corrected chi connectivity index (χ2v) is 7.03. The first-order valence-corrected chi connectivity index (χ1v) is 6.91. The highest BCUT2D eigenvalue weighted by Crippen LogP contribution is 2.16. The molecule has 0 aliphatic rings. The summed E-state index contributed by atoms with van der Waals surface area (Å²) >= 11 is 0. The lowest BCUT2D eigenvalue weighted by molar-refractivity contribution is 0.416. The van der Waals surface area contributed by atoms with Crippen LogP contribution in [0.15, 0.2) is 0 Å². The fourth-order valence-corrected chi connectivity index (χ4v) is 2.63. The molecule has 0 saturated heterocycles. The van der Waals surface area contributed by atoms with Crippen LogP contribution in [-0.2, 0) is 11.0 Å². The van der Waals surface area contributed by atoms with Crippen molar-refractivity contribution < 1.29 is 4.21 Å². The van der Waals surface area contributed by atoms with Gasteiger partial charge in [0.05, 0.1) is 15.7 Å². The third-order valence-electron chi connectivity index (χ3n) is 2.13. The van der Waals surface area contributed by atoms with Gasteiger partial charge in [-0.2, -0.15) is 0 Å². The minimum Gasteiger partial charge on any atom is -0.330 e. The van der Waals surface area contributed by atoms with E-state index in [0.717, 1.165) is 32.4 Å². The van der Waals surface area contributed by atoms with Crippen LogP contribution in [0.3, 0.4) is 0 Å². The van der Waals surface area contributed by atoms with Crippen molar-refractivity contribution in [2.45, 2.75) is 51.7 Å². The summed E-state index contributed by atoms with van der Waals surface area (Å²) in [5.41, 5.74) is 5.49. The lowest BCUT2D eigenvalue weighted by Gasteiger charge is -2.28. The number of hydrogen-bond donors (Lipinski definition) is 1. The summed E-state index contributed by atoms with van der Waals surface area (Å²) in [5.74, 6) is 0. The Morgan fingerprint density at radius 3 is 2.13 bits per heavy atom. The molecule has 2 N–H and O–H groups in total. The van der Waals surface area contributed by atoms with Crippen LogP contribution < -0.4 is 5.73 Å². The molecule has 1 atom stereocenters. The number of nitrogens with two attached hydrogens (primary N) is 1. The first-order valence-electron chi connectivity index (χ1n) is 5.80. The fourth-order valence-electron chi connectivity index (χ4n) is 1.27. The fraction of sp³-hybridized carbons (Fsp3) is 1.00. The number of rotatable bonds is 7. The third-order valence-corrected chi connectivity index (χ3v) is 4.01. The standard InChI is InChI=1S/C11H26N2OS/c1-5-6-9-13(10-7-8-12)15(14)11(2,3)4/h5-10,12H2,1-4H3. The summed E-state index contributed by atoms with van der Waals surface area (Å²) in [6.07, 6.45) is 3.17. The molecule has 0 radical (unpaired) electrons. The molecule has 0 aromatic rings. The Morgan fingerprint density at radius 2 is 1.73 bits per heavy atom. The van der Waals surface area contributed by atoms with Crippen LogP contribution in [0.4, 0.5) is 0 Å². The summed E-state index contributed by atoms with van der Waals surface area (Å²) in [6.45, 7) is 10.6. The summed E-state index contributed by atoms with van der Waals surface area (Å²) in [6, 6.07) is 0. The molecule has 0 fully saturated rings. The maximum Gasteiger partial charge on any atom is 0.0997 e. The molecule has 1 unspecified atom stereocenters. The Hall–Kier alpha value is 0.0700. The van der Waals surface area contributed by atoms with Gasteiger partial charge in [0.1, 0.15) is 0 Å². The van der Waals surface area contributed by atoms with Crippen LogP contribution >= 0.6 is 0 Å². The van der Waals surface area contributed by atoms with Gasteiger partial charge in [-0.25, -0.2) is 8.51 Å². The predicted octanol–water partition coefficient (Wildman–Crippen LogP) is 1.90. The average molecular weight is 234 g/mol. The van der Waals surface area contributed by atoms with Crippen molar-refractivity contribution >= 4 is 11.0 Å². The maximum atomic E-state index is 12.2. The molecule has 0 saturated carbocycles. The molecule has 15 heavy (non-hydrogen) atoms. The Labute approximate surface area is 97.0 Å². The number of hydrogen-bond acceptors (Lipinski definition) is 2. The smallest absolute Gasteiger partial charge is 0.0997 e. The Kier molecular flexibility index (Phi) is 7.40. The van der Waals surface area contributed by atoms with E-state index in [4.69, 9.17) is 5.73 Å². The zero-order valence-electron chi connectivity index (χ0n) is 10.6. The van der Waals surface area contributed by atoms with Crippen molar-refractivity contribution in [3.8, 4) is 0 Å². The Bertz CT molecular complexity index is 182. The van der Waals surface area contributed by atoms with E-state index in [9.17, 15) is 4.21 Å². The van der Waals surface area contributed by atoms with E-state index in [2.05, 4.69) is 11.2 Å². The zero-order chi connectivity index (χ0) is 11.9. The summed E-state index contributed by atoms with van der Waals surface area (Å²) < 4.78 is 14.1. The SMILES string of the molecule is CCCCN(CCCN)S(=O)C(C)(C)C. The van der Waals surface area contributed by atoms with Gasteiger partial charge in [-0.05, 0) is 40.2 Å². The second kappa shape index (κ2) is 7.36. The number of unbranched alkanes of at least 4 members (excludes halogenated alkanes) is 1. The lowest BCUT2D eigenvalue weighted by Crippen LogP contribution is -2.39. The van der Waals surface area contributed by atoms with Crippen LogP contribution in [-0.4, -0.2) is 32.9 Å².